The van der Waals surface area contributed by atoms with Crippen molar-refractivity contribution in [2.45, 2.75) is 19.3 Å². The summed E-state index contributed by atoms with van der Waals surface area (Å²) in [6.07, 6.45) is 3.45. The van der Waals surface area contributed by atoms with E-state index in [4.69, 9.17) is 0 Å². The lowest BCUT2D eigenvalue weighted by Gasteiger charge is -2.31. The Labute approximate surface area is 55.9 Å². The Kier molecular flexibility index (Phi) is 4.23. The van der Waals surface area contributed by atoms with Gasteiger partial charge in [-0.3, -0.25) is 0 Å². The van der Waals surface area contributed by atoms with Gasteiger partial charge in [0, 0.05) is 0 Å². The summed E-state index contributed by atoms with van der Waals surface area (Å²) in [7, 11) is 0. The molecule has 0 atom stereocenters. The zero-order chi connectivity index (χ0) is 5.11. The third-order valence-electron chi connectivity index (χ3n) is 1.32. The van der Waals surface area contributed by atoms with Crippen molar-refractivity contribution >= 4 is 12.4 Å². The minimum atomic E-state index is 0. The molecular weight excluding hydrogens is 126 g/mol. The zero-order valence-electron chi connectivity index (χ0n) is 4.80. The lowest BCUT2D eigenvalue weighted by molar-refractivity contribution is 0.311. The van der Waals surface area contributed by atoms with Crippen molar-refractivity contribution in [1.82, 2.24) is 5.06 Å². The molecule has 0 radical (unpaired) electrons. The molecule has 1 rings (SSSR count). The van der Waals surface area contributed by atoms with Crippen LogP contribution in [-0.4, -0.2) is 18.2 Å². The van der Waals surface area contributed by atoms with Crippen LogP contribution in [0.5, 0.6) is 0 Å². The highest BCUT2D eigenvalue weighted by Crippen LogP contribution is 2.05. The van der Waals surface area contributed by atoms with Crippen molar-refractivity contribution in [3.63, 3.8) is 0 Å². The quantitative estimate of drug-likeness (QED) is 0.503. The van der Waals surface area contributed by atoms with Crippen LogP contribution in [0.25, 0.3) is 0 Å². The largest absolute Gasteiger partial charge is 0.785 e. The van der Waals surface area contributed by atoms with Crippen LogP contribution in [0.3, 0.4) is 0 Å². The van der Waals surface area contributed by atoms with Crippen molar-refractivity contribution < 1.29 is 0 Å². The average molecular weight is 137 g/mol. The van der Waals surface area contributed by atoms with E-state index in [0.717, 1.165) is 31.0 Å². The van der Waals surface area contributed by atoms with E-state index in [2.05, 4.69) is 0 Å². The maximum atomic E-state index is 10.4. The summed E-state index contributed by atoms with van der Waals surface area (Å²) in [6.45, 7) is 1.53. The van der Waals surface area contributed by atoms with E-state index >= 15 is 0 Å². The highest BCUT2D eigenvalue weighted by Gasteiger charge is 1.97. The van der Waals surface area contributed by atoms with Crippen LogP contribution in [0.15, 0.2) is 0 Å². The van der Waals surface area contributed by atoms with Gasteiger partial charge in [0.25, 0.3) is 0 Å². The second-order valence-electron chi connectivity index (χ2n) is 1.99. The standard InChI is InChI=1S/C5H10NO.ClH/c7-6-4-2-1-3-5-6;/h1-5H2;1H/q-1;. The minimum absolute atomic E-state index is 0. The maximum Gasteiger partial charge on any atom is -0.0145 e. The number of halogens is 1. The second kappa shape index (κ2) is 4.13. The van der Waals surface area contributed by atoms with Gasteiger partial charge in [0.2, 0.25) is 0 Å². The molecule has 1 aliphatic heterocycles. The molecule has 1 fully saturated rings. The number of rotatable bonds is 0. The Morgan fingerprint density at radius 3 is 1.75 bits per heavy atom. The fourth-order valence-electron chi connectivity index (χ4n) is 0.865. The molecule has 1 heterocycles. The average Bonchev–Trinajstić information content (AvgIpc) is 1.69. The SMILES string of the molecule is Cl.[O-]N1CCCCC1. The van der Waals surface area contributed by atoms with E-state index < -0.39 is 0 Å². The lowest BCUT2D eigenvalue weighted by atomic mass is 10.2. The summed E-state index contributed by atoms with van der Waals surface area (Å²) in [4.78, 5) is 0. The highest BCUT2D eigenvalue weighted by molar-refractivity contribution is 5.85. The van der Waals surface area contributed by atoms with E-state index in [1.54, 1.807) is 0 Å². The van der Waals surface area contributed by atoms with E-state index in [-0.39, 0.29) is 12.4 Å². The fourth-order valence-corrected chi connectivity index (χ4v) is 0.865. The van der Waals surface area contributed by atoms with Gasteiger partial charge in [-0.05, 0) is 25.9 Å². The summed E-state index contributed by atoms with van der Waals surface area (Å²) >= 11 is 0. The van der Waals surface area contributed by atoms with Crippen molar-refractivity contribution in [3.8, 4) is 0 Å². The first-order chi connectivity index (χ1) is 3.39. The molecular formula is C5H11ClNO-. The molecule has 0 aliphatic carbocycles. The molecule has 1 saturated heterocycles. The molecule has 50 valence electrons. The topological polar surface area (TPSA) is 26.3 Å². The highest BCUT2D eigenvalue weighted by atomic mass is 35.5. The van der Waals surface area contributed by atoms with Crippen molar-refractivity contribution in [2.24, 2.45) is 0 Å². The fraction of sp³-hybridized carbons (Fsp3) is 1.00. The monoisotopic (exact) mass is 136 g/mol. The molecule has 2 nitrogen and oxygen atoms in total. The Hall–Kier alpha value is 0.210. The maximum absolute atomic E-state index is 10.4. The Morgan fingerprint density at radius 1 is 1.00 bits per heavy atom. The predicted molar refractivity (Wildman–Crippen MR) is 36.0 cm³/mol. The number of hydrogen-bond donors (Lipinski definition) is 0. The Bertz CT molecular complexity index is 54.4. The van der Waals surface area contributed by atoms with Crippen LogP contribution in [0.4, 0.5) is 0 Å². The molecule has 8 heavy (non-hydrogen) atoms. The smallest absolute Gasteiger partial charge is 0.0145 e. The van der Waals surface area contributed by atoms with E-state index in [1.165, 1.54) is 6.42 Å². The van der Waals surface area contributed by atoms with Gasteiger partial charge in [-0.1, -0.05) is 6.42 Å². The molecule has 0 amide bonds. The minimum Gasteiger partial charge on any atom is -0.785 e. The second-order valence-corrected chi connectivity index (χ2v) is 1.99. The predicted octanol–water partition coefficient (Wildman–Crippen LogP) is 1.39. The molecule has 3 heteroatoms. The van der Waals surface area contributed by atoms with E-state index in [9.17, 15) is 5.21 Å². The van der Waals surface area contributed by atoms with Crippen LogP contribution in [0, 0.1) is 5.21 Å². The first kappa shape index (κ1) is 8.21. The van der Waals surface area contributed by atoms with Gasteiger partial charge in [-0.25, -0.2) is 0 Å². The van der Waals surface area contributed by atoms with Crippen LogP contribution in [-0.2, 0) is 0 Å². The molecule has 0 N–H and O–H groups in total. The number of nitrogens with zero attached hydrogens (tertiary/aromatic N) is 1. The Morgan fingerprint density at radius 2 is 1.50 bits per heavy atom. The molecule has 0 saturated carbocycles. The van der Waals surface area contributed by atoms with Crippen LogP contribution in [0.2, 0.25) is 0 Å². The summed E-state index contributed by atoms with van der Waals surface area (Å²) in [5.41, 5.74) is 0. The molecule has 0 aromatic carbocycles. The molecule has 0 spiro atoms. The number of hydroxylamine groups is 2. The normalized spacial score (nSPS) is 22.1. The van der Waals surface area contributed by atoms with Crippen LogP contribution >= 0.6 is 12.4 Å². The van der Waals surface area contributed by atoms with Crippen molar-refractivity contribution in [2.75, 3.05) is 13.1 Å². The number of hydrogen-bond acceptors (Lipinski definition) is 2. The van der Waals surface area contributed by atoms with E-state index in [0.29, 0.717) is 0 Å². The molecule has 0 bridgehead atoms. The summed E-state index contributed by atoms with van der Waals surface area (Å²) in [5, 5.41) is 11.5. The summed E-state index contributed by atoms with van der Waals surface area (Å²) in [5.74, 6) is 0. The van der Waals surface area contributed by atoms with Crippen LogP contribution in [0.1, 0.15) is 19.3 Å². The molecule has 0 aromatic rings. The zero-order valence-corrected chi connectivity index (χ0v) is 5.62. The third-order valence-corrected chi connectivity index (χ3v) is 1.32. The lowest BCUT2D eigenvalue weighted by Crippen LogP contribution is -2.22. The van der Waals surface area contributed by atoms with Gasteiger partial charge in [0.05, 0.1) is 0 Å². The van der Waals surface area contributed by atoms with Gasteiger partial charge in [0.1, 0.15) is 0 Å². The first-order valence-corrected chi connectivity index (χ1v) is 2.82. The number of piperidine rings is 1. The third kappa shape index (κ3) is 2.50. The summed E-state index contributed by atoms with van der Waals surface area (Å²) < 4.78 is 0. The van der Waals surface area contributed by atoms with Gasteiger partial charge >= 0.3 is 0 Å². The van der Waals surface area contributed by atoms with Gasteiger partial charge < -0.3 is 10.3 Å². The molecule has 0 unspecified atom stereocenters. The molecule has 0 aromatic heterocycles. The van der Waals surface area contributed by atoms with Crippen LogP contribution < -0.4 is 0 Å². The van der Waals surface area contributed by atoms with Crippen molar-refractivity contribution in [3.05, 3.63) is 5.21 Å². The van der Waals surface area contributed by atoms with Gasteiger partial charge in [-0.2, -0.15) is 0 Å². The first-order valence-electron chi connectivity index (χ1n) is 2.82. The van der Waals surface area contributed by atoms with E-state index in [1.807, 2.05) is 0 Å². The van der Waals surface area contributed by atoms with Gasteiger partial charge in [0.15, 0.2) is 0 Å². The van der Waals surface area contributed by atoms with Crippen molar-refractivity contribution in [1.29, 1.82) is 0 Å². The Balaban J connectivity index is 0.000000490. The van der Waals surface area contributed by atoms with Gasteiger partial charge in [-0.15, -0.1) is 12.4 Å². The summed E-state index contributed by atoms with van der Waals surface area (Å²) in [6, 6.07) is 0. The molecule has 1 aliphatic rings.